The number of allylic oxidation sites excluding steroid dienone is 2. The van der Waals surface area contributed by atoms with Crippen LogP contribution in [-0.4, -0.2) is 18.8 Å². The van der Waals surface area contributed by atoms with Crippen LogP contribution in [0.1, 0.15) is 13.3 Å². The topological polar surface area (TPSA) is 18.5 Å². The SMILES string of the molecule is C[C@H]1COC2=CC=C(F)CC2O1. The molecule has 0 spiro atoms. The van der Waals surface area contributed by atoms with E-state index in [4.69, 9.17) is 9.47 Å². The van der Waals surface area contributed by atoms with E-state index >= 15 is 0 Å². The number of hydrogen-bond donors (Lipinski definition) is 0. The third-order valence-electron chi connectivity index (χ3n) is 2.01. The predicted octanol–water partition coefficient (Wildman–Crippen LogP) is 1.93. The van der Waals surface area contributed by atoms with E-state index in [1.165, 1.54) is 6.08 Å². The van der Waals surface area contributed by atoms with Crippen LogP contribution in [0, 0.1) is 0 Å². The van der Waals surface area contributed by atoms with Crippen LogP contribution in [0.5, 0.6) is 0 Å². The van der Waals surface area contributed by atoms with Gasteiger partial charge in [-0.15, -0.1) is 0 Å². The highest BCUT2D eigenvalue weighted by molar-refractivity contribution is 5.22. The lowest BCUT2D eigenvalue weighted by Crippen LogP contribution is -2.33. The standard InChI is InChI=1S/C9H11FO2/c1-6-5-11-8-3-2-7(10)4-9(8)12-6/h2-3,6,9H,4-5H2,1H3/t6-,9?/m0/s1. The first-order valence-corrected chi connectivity index (χ1v) is 4.10. The van der Waals surface area contributed by atoms with Crippen LogP contribution >= 0.6 is 0 Å². The van der Waals surface area contributed by atoms with Gasteiger partial charge in [0.2, 0.25) is 0 Å². The molecule has 0 saturated carbocycles. The Balaban J connectivity index is 2.13. The highest BCUT2D eigenvalue weighted by Crippen LogP contribution is 2.27. The molecule has 2 nitrogen and oxygen atoms in total. The van der Waals surface area contributed by atoms with Crippen LogP contribution in [0.4, 0.5) is 4.39 Å². The van der Waals surface area contributed by atoms with Crippen molar-refractivity contribution < 1.29 is 13.9 Å². The molecule has 12 heavy (non-hydrogen) atoms. The van der Waals surface area contributed by atoms with Crippen LogP contribution in [0.2, 0.25) is 0 Å². The average Bonchev–Trinajstić information content (AvgIpc) is 2.03. The minimum atomic E-state index is -0.196. The van der Waals surface area contributed by atoms with Gasteiger partial charge in [0, 0.05) is 6.42 Å². The van der Waals surface area contributed by atoms with Gasteiger partial charge in [0.05, 0.1) is 6.10 Å². The zero-order valence-corrected chi connectivity index (χ0v) is 6.92. The third kappa shape index (κ3) is 1.37. The number of ether oxygens (including phenoxy) is 2. The van der Waals surface area contributed by atoms with Crippen LogP contribution < -0.4 is 0 Å². The molecule has 0 aromatic carbocycles. The van der Waals surface area contributed by atoms with Gasteiger partial charge in [-0.25, -0.2) is 4.39 Å². The van der Waals surface area contributed by atoms with Crippen molar-refractivity contribution in [2.75, 3.05) is 6.61 Å². The molecule has 0 aromatic rings. The molecular weight excluding hydrogens is 159 g/mol. The zero-order chi connectivity index (χ0) is 8.55. The van der Waals surface area contributed by atoms with Gasteiger partial charge in [-0.1, -0.05) is 0 Å². The average molecular weight is 170 g/mol. The quantitative estimate of drug-likeness (QED) is 0.553. The summed E-state index contributed by atoms with van der Waals surface area (Å²) in [7, 11) is 0. The molecule has 0 amide bonds. The summed E-state index contributed by atoms with van der Waals surface area (Å²) in [4.78, 5) is 0. The number of hydrogen-bond acceptors (Lipinski definition) is 2. The van der Waals surface area contributed by atoms with Crippen molar-refractivity contribution >= 4 is 0 Å². The van der Waals surface area contributed by atoms with Crippen molar-refractivity contribution in [3.63, 3.8) is 0 Å². The lowest BCUT2D eigenvalue weighted by Gasteiger charge is -2.31. The minimum absolute atomic E-state index is 0.0676. The maximum atomic E-state index is 12.8. The molecule has 0 N–H and O–H groups in total. The minimum Gasteiger partial charge on any atom is -0.492 e. The van der Waals surface area contributed by atoms with Crippen LogP contribution in [0.3, 0.4) is 0 Å². The van der Waals surface area contributed by atoms with Gasteiger partial charge in [0.25, 0.3) is 0 Å². The lowest BCUT2D eigenvalue weighted by molar-refractivity contribution is -0.0919. The van der Waals surface area contributed by atoms with E-state index in [1.54, 1.807) is 6.08 Å². The summed E-state index contributed by atoms with van der Waals surface area (Å²) >= 11 is 0. The maximum absolute atomic E-state index is 12.8. The van der Waals surface area contributed by atoms with Crippen molar-refractivity contribution in [2.24, 2.45) is 0 Å². The lowest BCUT2D eigenvalue weighted by atomic mass is 10.1. The van der Waals surface area contributed by atoms with Crippen molar-refractivity contribution in [2.45, 2.75) is 25.6 Å². The fourth-order valence-corrected chi connectivity index (χ4v) is 1.42. The summed E-state index contributed by atoms with van der Waals surface area (Å²) in [5, 5.41) is 0. The molecule has 2 atom stereocenters. The first kappa shape index (κ1) is 7.80. The summed E-state index contributed by atoms with van der Waals surface area (Å²) in [5.41, 5.74) is 0. The molecule has 66 valence electrons. The number of halogens is 1. The Kier molecular flexibility index (Phi) is 1.89. The van der Waals surface area contributed by atoms with Gasteiger partial charge in [-0.3, -0.25) is 0 Å². The van der Waals surface area contributed by atoms with E-state index in [0.717, 1.165) is 5.76 Å². The monoisotopic (exact) mass is 170 g/mol. The Morgan fingerprint density at radius 3 is 3.17 bits per heavy atom. The highest BCUT2D eigenvalue weighted by atomic mass is 19.1. The van der Waals surface area contributed by atoms with E-state index in [-0.39, 0.29) is 18.0 Å². The normalized spacial score (nSPS) is 34.5. The zero-order valence-electron chi connectivity index (χ0n) is 6.92. The summed E-state index contributed by atoms with van der Waals surface area (Å²) in [5.74, 6) is 0.621. The largest absolute Gasteiger partial charge is 0.492 e. The third-order valence-corrected chi connectivity index (χ3v) is 2.01. The Hall–Kier alpha value is -0.830. The van der Waals surface area contributed by atoms with Crippen molar-refractivity contribution in [3.05, 3.63) is 23.7 Å². The van der Waals surface area contributed by atoms with Gasteiger partial charge < -0.3 is 9.47 Å². The fraction of sp³-hybridized carbons (Fsp3) is 0.556. The van der Waals surface area contributed by atoms with Crippen molar-refractivity contribution in [1.82, 2.24) is 0 Å². The number of rotatable bonds is 0. The van der Waals surface area contributed by atoms with Gasteiger partial charge in [0.1, 0.15) is 24.3 Å². The predicted molar refractivity (Wildman–Crippen MR) is 42.2 cm³/mol. The first-order chi connectivity index (χ1) is 5.75. The Morgan fingerprint density at radius 1 is 1.50 bits per heavy atom. The Bertz CT molecular complexity index is 245. The van der Waals surface area contributed by atoms with E-state index in [0.29, 0.717) is 13.0 Å². The van der Waals surface area contributed by atoms with Crippen molar-refractivity contribution in [3.8, 4) is 0 Å². The molecule has 1 saturated heterocycles. The molecule has 1 heterocycles. The summed E-state index contributed by atoms with van der Waals surface area (Å²) in [6, 6.07) is 0. The molecule has 1 unspecified atom stereocenters. The molecular formula is C9H11FO2. The van der Waals surface area contributed by atoms with Crippen molar-refractivity contribution in [1.29, 1.82) is 0 Å². The molecule has 1 fully saturated rings. The molecule has 1 aliphatic carbocycles. The second-order valence-electron chi connectivity index (χ2n) is 3.13. The molecule has 3 heteroatoms. The molecule has 0 bridgehead atoms. The second kappa shape index (κ2) is 2.90. The summed E-state index contributed by atoms with van der Waals surface area (Å²) in [6.07, 6.45) is 3.27. The Labute approximate surface area is 70.7 Å². The second-order valence-corrected chi connectivity index (χ2v) is 3.13. The molecule has 1 aliphatic heterocycles. The molecule has 2 rings (SSSR count). The van der Waals surface area contributed by atoms with Gasteiger partial charge in [0.15, 0.2) is 0 Å². The van der Waals surface area contributed by atoms with E-state index in [9.17, 15) is 4.39 Å². The molecule has 0 radical (unpaired) electrons. The molecule has 2 aliphatic rings. The van der Waals surface area contributed by atoms with E-state index in [1.807, 2.05) is 6.92 Å². The highest BCUT2D eigenvalue weighted by Gasteiger charge is 2.28. The van der Waals surface area contributed by atoms with Gasteiger partial charge in [-0.2, -0.15) is 0 Å². The first-order valence-electron chi connectivity index (χ1n) is 4.10. The molecule has 0 aromatic heterocycles. The van der Waals surface area contributed by atoms with E-state index < -0.39 is 0 Å². The number of fused-ring (bicyclic) bond motifs is 1. The van der Waals surface area contributed by atoms with E-state index in [2.05, 4.69) is 0 Å². The van der Waals surface area contributed by atoms with Crippen LogP contribution in [-0.2, 0) is 9.47 Å². The van der Waals surface area contributed by atoms with Crippen LogP contribution in [0.15, 0.2) is 23.7 Å². The fourth-order valence-electron chi connectivity index (χ4n) is 1.42. The maximum Gasteiger partial charge on any atom is 0.125 e. The van der Waals surface area contributed by atoms with Gasteiger partial charge >= 0.3 is 0 Å². The smallest absolute Gasteiger partial charge is 0.125 e. The summed E-state index contributed by atoms with van der Waals surface area (Å²) in [6.45, 7) is 2.49. The van der Waals surface area contributed by atoms with Gasteiger partial charge in [-0.05, 0) is 19.1 Å². The summed E-state index contributed by atoms with van der Waals surface area (Å²) < 4.78 is 23.6. The Morgan fingerprint density at radius 2 is 2.33 bits per heavy atom. The van der Waals surface area contributed by atoms with Crippen LogP contribution in [0.25, 0.3) is 0 Å².